The van der Waals surface area contributed by atoms with Gasteiger partial charge in [0.2, 0.25) is 0 Å². The Bertz CT molecular complexity index is 1070. The van der Waals surface area contributed by atoms with Crippen LogP contribution in [0.1, 0.15) is 26.6 Å². The van der Waals surface area contributed by atoms with Gasteiger partial charge in [0.1, 0.15) is 17.2 Å². The van der Waals surface area contributed by atoms with Crippen molar-refractivity contribution in [2.45, 2.75) is 20.3 Å². The Morgan fingerprint density at radius 1 is 1.27 bits per heavy atom. The summed E-state index contributed by atoms with van der Waals surface area (Å²) in [6, 6.07) is 5.73. The number of tetrazole rings is 1. The van der Waals surface area contributed by atoms with Crippen LogP contribution in [0.25, 0.3) is 10.6 Å². The first kappa shape index (κ1) is 16.3. The van der Waals surface area contributed by atoms with E-state index in [0.717, 1.165) is 26.9 Å². The van der Waals surface area contributed by atoms with Crippen molar-refractivity contribution in [3.05, 3.63) is 52.6 Å². The Labute approximate surface area is 152 Å². The van der Waals surface area contributed by atoms with Crippen LogP contribution < -0.4 is 5.32 Å². The average molecular weight is 368 g/mol. The number of hydrogen-bond donors (Lipinski definition) is 1. The molecule has 0 fully saturated rings. The second-order valence-electron chi connectivity index (χ2n) is 5.77. The number of hydrogen-bond acceptors (Lipinski definition) is 7. The smallest absolute Gasteiger partial charge is 0.254 e. The molecular formula is C16H16N8OS. The van der Waals surface area contributed by atoms with E-state index in [9.17, 15) is 4.79 Å². The monoisotopic (exact) mass is 368 g/mol. The zero-order valence-corrected chi connectivity index (χ0v) is 15.1. The molecule has 9 nitrogen and oxygen atoms in total. The van der Waals surface area contributed by atoms with Crippen LogP contribution in [-0.4, -0.2) is 47.3 Å². The Morgan fingerprint density at radius 2 is 2.15 bits per heavy atom. The van der Waals surface area contributed by atoms with E-state index >= 15 is 0 Å². The van der Waals surface area contributed by atoms with Crippen LogP contribution in [0.4, 0.5) is 0 Å². The van der Waals surface area contributed by atoms with Gasteiger partial charge in [-0.3, -0.25) is 9.20 Å². The molecule has 0 radical (unpaired) electrons. The van der Waals surface area contributed by atoms with Gasteiger partial charge in [0.25, 0.3) is 5.91 Å². The molecule has 132 valence electrons. The zero-order chi connectivity index (χ0) is 18.1. The van der Waals surface area contributed by atoms with E-state index in [4.69, 9.17) is 0 Å². The van der Waals surface area contributed by atoms with Crippen molar-refractivity contribution in [2.75, 3.05) is 6.54 Å². The Morgan fingerprint density at radius 3 is 2.96 bits per heavy atom. The zero-order valence-electron chi connectivity index (χ0n) is 14.2. The number of thiophene rings is 1. The fourth-order valence-corrected chi connectivity index (χ4v) is 3.80. The molecular weight excluding hydrogens is 352 g/mol. The number of nitrogens with one attached hydrogen (secondary N) is 1. The lowest BCUT2D eigenvalue weighted by atomic mass is 10.1. The Balaban J connectivity index is 1.51. The van der Waals surface area contributed by atoms with Crippen molar-refractivity contribution in [2.24, 2.45) is 0 Å². The summed E-state index contributed by atoms with van der Waals surface area (Å²) in [6.45, 7) is 4.37. The van der Waals surface area contributed by atoms with Crippen molar-refractivity contribution < 1.29 is 4.79 Å². The lowest BCUT2D eigenvalue weighted by Crippen LogP contribution is -2.27. The van der Waals surface area contributed by atoms with Gasteiger partial charge in [-0.25, -0.2) is 0 Å². The highest BCUT2D eigenvalue weighted by Gasteiger charge is 2.21. The highest BCUT2D eigenvalue weighted by atomic mass is 32.1. The summed E-state index contributed by atoms with van der Waals surface area (Å²) < 4.78 is 3.43. The molecule has 4 heterocycles. The van der Waals surface area contributed by atoms with Crippen LogP contribution in [0.2, 0.25) is 0 Å². The summed E-state index contributed by atoms with van der Waals surface area (Å²) in [7, 11) is 0. The summed E-state index contributed by atoms with van der Waals surface area (Å²) in [4.78, 5) is 13.8. The fraction of sp³-hybridized carbons (Fsp3) is 0.250. The maximum absolute atomic E-state index is 12.8. The molecule has 10 heteroatoms. The van der Waals surface area contributed by atoms with Crippen LogP contribution in [-0.2, 0) is 6.42 Å². The molecule has 0 unspecified atom stereocenters. The molecule has 0 aliphatic carbocycles. The van der Waals surface area contributed by atoms with Crippen molar-refractivity contribution in [3.63, 3.8) is 0 Å². The molecule has 0 saturated carbocycles. The molecule has 1 N–H and O–H groups in total. The second kappa shape index (κ2) is 6.64. The van der Waals surface area contributed by atoms with Crippen molar-refractivity contribution >= 4 is 22.9 Å². The van der Waals surface area contributed by atoms with Crippen LogP contribution >= 0.6 is 11.3 Å². The third-order valence-electron chi connectivity index (χ3n) is 4.17. The predicted octanol–water partition coefficient (Wildman–Crippen LogP) is 1.36. The van der Waals surface area contributed by atoms with Gasteiger partial charge < -0.3 is 5.32 Å². The minimum atomic E-state index is -0.147. The second-order valence-corrected chi connectivity index (χ2v) is 6.97. The highest BCUT2D eigenvalue weighted by Crippen LogP contribution is 2.29. The van der Waals surface area contributed by atoms with E-state index in [1.807, 2.05) is 42.6 Å². The topological polar surface area (TPSA) is 103 Å². The SMILES string of the molecule is Cc1sc(-n2cnnn2)c(C(=O)NCCc2nnc3ccccn23)c1C. The van der Waals surface area contributed by atoms with Crippen LogP contribution in [0.3, 0.4) is 0 Å². The van der Waals surface area contributed by atoms with Crippen LogP contribution in [0, 0.1) is 13.8 Å². The predicted molar refractivity (Wildman–Crippen MR) is 95.5 cm³/mol. The first-order chi connectivity index (χ1) is 12.6. The standard InChI is InChI=1S/C16H16N8OS/c1-10-11(2)26-16(24-9-18-21-22-24)14(10)15(25)17-7-6-13-20-19-12-5-3-4-8-23(12)13/h3-5,8-9H,6-7H2,1-2H3,(H,17,25). The summed E-state index contributed by atoms with van der Waals surface area (Å²) in [6.07, 6.45) is 3.98. The molecule has 1 amide bonds. The number of aromatic nitrogens is 7. The van der Waals surface area contributed by atoms with Gasteiger partial charge in [-0.1, -0.05) is 6.07 Å². The number of fused-ring (bicyclic) bond motifs is 1. The third kappa shape index (κ3) is 2.84. The maximum Gasteiger partial charge on any atom is 0.254 e. The molecule has 0 saturated heterocycles. The number of pyridine rings is 1. The van der Waals surface area contributed by atoms with Crippen LogP contribution in [0.5, 0.6) is 0 Å². The molecule has 26 heavy (non-hydrogen) atoms. The molecule has 4 rings (SSSR count). The fourth-order valence-electron chi connectivity index (χ4n) is 2.73. The van der Waals surface area contributed by atoms with Crippen molar-refractivity contribution in [3.8, 4) is 5.00 Å². The van der Waals surface area contributed by atoms with E-state index in [2.05, 4.69) is 31.0 Å². The van der Waals surface area contributed by atoms with Crippen molar-refractivity contribution in [1.29, 1.82) is 0 Å². The van der Waals surface area contributed by atoms with Gasteiger partial charge in [0.05, 0.1) is 5.56 Å². The number of nitrogens with zero attached hydrogens (tertiary/aromatic N) is 7. The first-order valence-electron chi connectivity index (χ1n) is 8.05. The number of amides is 1. The molecule has 0 aromatic carbocycles. The van der Waals surface area contributed by atoms with E-state index in [1.165, 1.54) is 22.3 Å². The van der Waals surface area contributed by atoms with Gasteiger partial charge in [-0.2, -0.15) is 4.68 Å². The normalized spacial score (nSPS) is 11.2. The summed E-state index contributed by atoms with van der Waals surface area (Å²) in [5, 5.41) is 23.2. The lowest BCUT2D eigenvalue weighted by molar-refractivity contribution is 0.0953. The molecule has 0 spiro atoms. The van der Waals surface area contributed by atoms with Crippen LogP contribution in [0.15, 0.2) is 30.7 Å². The van der Waals surface area contributed by atoms with Gasteiger partial charge in [-0.15, -0.1) is 26.6 Å². The Kier molecular flexibility index (Phi) is 4.17. The summed E-state index contributed by atoms with van der Waals surface area (Å²) >= 11 is 1.49. The molecule has 4 aromatic rings. The number of carbonyl (C=O) groups is 1. The third-order valence-corrected chi connectivity index (χ3v) is 5.37. The minimum absolute atomic E-state index is 0.147. The molecule has 0 aliphatic rings. The molecule has 4 aromatic heterocycles. The molecule has 0 aliphatic heterocycles. The Hall–Kier alpha value is -3.14. The summed E-state index contributed by atoms with van der Waals surface area (Å²) in [5.74, 6) is 0.658. The van der Waals surface area contributed by atoms with E-state index in [-0.39, 0.29) is 5.91 Å². The van der Waals surface area contributed by atoms with Gasteiger partial charge in [0.15, 0.2) is 5.65 Å². The lowest BCUT2D eigenvalue weighted by Gasteiger charge is -2.07. The van der Waals surface area contributed by atoms with E-state index < -0.39 is 0 Å². The van der Waals surface area contributed by atoms with Gasteiger partial charge in [0, 0.05) is 24.0 Å². The number of rotatable bonds is 5. The summed E-state index contributed by atoms with van der Waals surface area (Å²) in [5.41, 5.74) is 2.33. The van der Waals surface area contributed by atoms with Gasteiger partial charge in [-0.05, 0) is 42.0 Å². The maximum atomic E-state index is 12.8. The number of aryl methyl sites for hydroxylation is 1. The number of carbonyl (C=O) groups excluding carboxylic acids is 1. The quantitative estimate of drug-likeness (QED) is 0.570. The molecule has 0 atom stereocenters. The largest absolute Gasteiger partial charge is 0.351 e. The molecule has 0 bridgehead atoms. The van der Waals surface area contributed by atoms with E-state index in [0.29, 0.717) is 18.5 Å². The van der Waals surface area contributed by atoms with Crippen molar-refractivity contribution in [1.82, 2.24) is 40.1 Å². The highest BCUT2D eigenvalue weighted by molar-refractivity contribution is 7.15. The van der Waals surface area contributed by atoms with Gasteiger partial charge >= 0.3 is 0 Å². The van der Waals surface area contributed by atoms with E-state index in [1.54, 1.807) is 0 Å². The minimum Gasteiger partial charge on any atom is -0.351 e. The average Bonchev–Trinajstić information content (AvgIpc) is 3.36. The first-order valence-corrected chi connectivity index (χ1v) is 8.87.